The van der Waals surface area contributed by atoms with Gasteiger partial charge in [0.15, 0.2) is 0 Å². The number of carbonyl (C=O) groups is 2. The second-order valence-corrected chi connectivity index (χ2v) is 10.2. The van der Waals surface area contributed by atoms with Crippen LogP contribution in [0.3, 0.4) is 0 Å². The van der Waals surface area contributed by atoms with Crippen molar-refractivity contribution in [1.82, 2.24) is 15.6 Å². The van der Waals surface area contributed by atoms with E-state index < -0.39 is 18.2 Å². The number of aromatic nitrogens is 1. The second-order valence-electron chi connectivity index (χ2n) is 10.2. The van der Waals surface area contributed by atoms with Gasteiger partial charge in [-0.1, -0.05) is 39.0 Å². The minimum atomic E-state index is -0.901. The van der Waals surface area contributed by atoms with Crippen LogP contribution >= 0.6 is 0 Å². The molecule has 0 aliphatic carbocycles. The van der Waals surface area contributed by atoms with Crippen molar-refractivity contribution in [3.05, 3.63) is 59.9 Å². The molecular weight excluding hydrogens is 432 g/mol. The van der Waals surface area contributed by atoms with Gasteiger partial charge in [-0.05, 0) is 35.6 Å². The Morgan fingerprint density at radius 1 is 1.24 bits per heavy atom. The molecule has 1 aromatic heterocycles. The number of nitrogens with one attached hydrogen (secondary N) is 2. The van der Waals surface area contributed by atoms with E-state index in [9.17, 15) is 14.7 Å². The summed E-state index contributed by atoms with van der Waals surface area (Å²) >= 11 is 0. The van der Waals surface area contributed by atoms with Crippen molar-refractivity contribution in [1.29, 1.82) is 0 Å². The number of rotatable bonds is 7. The van der Waals surface area contributed by atoms with Crippen LogP contribution in [0.1, 0.15) is 44.4 Å². The topological polar surface area (TPSA) is 104 Å². The Bertz CT molecular complexity index is 986. The number of ether oxygens (including phenoxy) is 1. The Labute approximate surface area is 200 Å². The Morgan fingerprint density at radius 2 is 1.97 bits per heavy atom. The number of anilines is 1. The van der Waals surface area contributed by atoms with Crippen LogP contribution in [0.25, 0.3) is 0 Å². The van der Waals surface area contributed by atoms with E-state index in [1.807, 2.05) is 30.3 Å². The highest BCUT2D eigenvalue weighted by Crippen LogP contribution is 2.32. The van der Waals surface area contributed by atoms with Crippen LogP contribution in [0, 0.1) is 5.92 Å². The Balaban J connectivity index is 1.72. The predicted octanol–water partition coefficient (Wildman–Crippen LogP) is 1.94. The van der Waals surface area contributed by atoms with Crippen molar-refractivity contribution in [2.45, 2.75) is 50.8 Å². The van der Waals surface area contributed by atoms with Crippen LogP contribution in [-0.2, 0) is 19.7 Å². The summed E-state index contributed by atoms with van der Waals surface area (Å²) in [6.07, 6.45) is 2.97. The van der Waals surface area contributed by atoms with Gasteiger partial charge < -0.3 is 20.5 Å². The van der Waals surface area contributed by atoms with E-state index in [2.05, 4.69) is 36.4 Å². The molecule has 2 fully saturated rings. The quantitative estimate of drug-likeness (QED) is 0.576. The SMILES string of the molecule is CC(C)(C)c1ccc(N(C(=O)[C@H]2C[C@@H](O)CN2)C(C(=O)NCC2COC2)c2cccnc2)cc1. The second kappa shape index (κ2) is 10.2. The molecule has 0 bridgehead atoms. The first-order chi connectivity index (χ1) is 16.2. The van der Waals surface area contributed by atoms with Gasteiger partial charge in [-0.3, -0.25) is 19.5 Å². The number of hydrogen-bond donors (Lipinski definition) is 3. The molecule has 2 aromatic rings. The van der Waals surface area contributed by atoms with Gasteiger partial charge in [0.2, 0.25) is 11.8 Å². The zero-order chi connectivity index (χ0) is 24.3. The average molecular weight is 467 g/mol. The van der Waals surface area contributed by atoms with Crippen molar-refractivity contribution in [2.24, 2.45) is 5.92 Å². The van der Waals surface area contributed by atoms with Gasteiger partial charge in [0.05, 0.1) is 25.4 Å². The summed E-state index contributed by atoms with van der Waals surface area (Å²) in [5.74, 6) is -0.247. The zero-order valence-corrected chi connectivity index (χ0v) is 20.0. The first-order valence-corrected chi connectivity index (χ1v) is 11.8. The number of hydrogen-bond acceptors (Lipinski definition) is 6. The van der Waals surface area contributed by atoms with Crippen molar-refractivity contribution in [3.8, 4) is 0 Å². The summed E-state index contributed by atoms with van der Waals surface area (Å²) in [5.41, 5.74) is 2.33. The molecule has 3 N–H and O–H groups in total. The maximum atomic E-state index is 13.8. The number of β-amino-alcohol motifs (C(OH)–C–C–N with tert-alkyl or cyclic N) is 1. The van der Waals surface area contributed by atoms with Crippen LogP contribution in [0.15, 0.2) is 48.8 Å². The maximum absolute atomic E-state index is 13.8. The highest BCUT2D eigenvalue weighted by atomic mass is 16.5. The monoisotopic (exact) mass is 466 g/mol. The van der Waals surface area contributed by atoms with Crippen molar-refractivity contribution >= 4 is 17.5 Å². The van der Waals surface area contributed by atoms with Crippen LogP contribution in [0.4, 0.5) is 5.69 Å². The highest BCUT2D eigenvalue weighted by molar-refractivity contribution is 6.03. The van der Waals surface area contributed by atoms with E-state index in [0.717, 1.165) is 5.56 Å². The number of nitrogens with zero attached hydrogens (tertiary/aromatic N) is 2. The van der Waals surface area contributed by atoms with E-state index in [-0.39, 0.29) is 23.1 Å². The summed E-state index contributed by atoms with van der Waals surface area (Å²) < 4.78 is 5.23. The highest BCUT2D eigenvalue weighted by Gasteiger charge is 2.39. The van der Waals surface area contributed by atoms with Crippen LogP contribution in [0.5, 0.6) is 0 Å². The third-order valence-corrected chi connectivity index (χ3v) is 6.43. The number of carbonyl (C=O) groups excluding carboxylic acids is 2. The lowest BCUT2D eigenvalue weighted by molar-refractivity contribution is -0.128. The fourth-order valence-electron chi connectivity index (χ4n) is 4.30. The largest absolute Gasteiger partial charge is 0.392 e. The van der Waals surface area contributed by atoms with E-state index >= 15 is 0 Å². The van der Waals surface area contributed by atoms with Gasteiger partial charge in [0.25, 0.3) is 0 Å². The maximum Gasteiger partial charge on any atom is 0.247 e. The van der Waals surface area contributed by atoms with E-state index in [4.69, 9.17) is 4.74 Å². The Morgan fingerprint density at radius 3 is 2.50 bits per heavy atom. The third-order valence-electron chi connectivity index (χ3n) is 6.43. The summed E-state index contributed by atoms with van der Waals surface area (Å²) in [5, 5.41) is 16.1. The van der Waals surface area contributed by atoms with Gasteiger partial charge in [-0.15, -0.1) is 0 Å². The molecule has 8 nitrogen and oxygen atoms in total. The summed E-state index contributed by atoms with van der Waals surface area (Å²) in [6.45, 7) is 8.47. The van der Waals surface area contributed by atoms with Gasteiger partial charge >= 0.3 is 0 Å². The molecular formula is C26H34N4O4. The van der Waals surface area contributed by atoms with Gasteiger partial charge in [0.1, 0.15) is 6.04 Å². The molecule has 4 rings (SSSR count). The molecule has 1 unspecified atom stereocenters. The van der Waals surface area contributed by atoms with E-state index in [1.165, 1.54) is 0 Å². The number of pyridine rings is 1. The molecule has 0 radical (unpaired) electrons. The summed E-state index contributed by atoms with van der Waals surface area (Å²) in [6, 6.07) is 9.86. The van der Waals surface area contributed by atoms with Crippen molar-refractivity contribution < 1.29 is 19.4 Å². The Kier molecular flexibility index (Phi) is 7.30. The lowest BCUT2D eigenvalue weighted by atomic mass is 9.87. The molecule has 3 heterocycles. The average Bonchev–Trinajstić information content (AvgIpc) is 3.22. The molecule has 2 amide bonds. The van der Waals surface area contributed by atoms with Crippen LogP contribution in [0.2, 0.25) is 0 Å². The molecule has 0 saturated carbocycles. The predicted molar refractivity (Wildman–Crippen MR) is 129 cm³/mol. The number of aliphatic hydroxyl groups excluding tert-OH is 1. The standard InChI is InChI=1S/C26H34N4O4/c1-26(2,3)19-6-8-20(9-7-19)30(25(33)22-11-21(31)14-28-22)23(18-5-4-10-27-13-18)24(32)29-12-17-15-34-16-17/h4-10,13,17,21-23,28,31H,11-12,14-16H2,1-3H3,(H,29,32)/t21-,22-,23?/m1/s1. The van der Waals surface area contributed by atoms with Gasteiger partial charge in [-0.25, -0.2) is 0 Å². The molecule has 34 heavy (non-hydrogen) atoms. The summed E-state index contributed by atoms with van der Waals surface area (Å²) in [7, 11) is 0. The number of amides is 2. The van der Waals surface area contributed by atoms with Crippen LogP contribution < -0.4 is 15.5 Å². The Hall–Kier alpha value is -2.81. The lowest BCUT2D eigenvalue weighted by Crippen LogP contribution is -2.51. The molecule has 1 aromatic carbocycles. The first-order valence-electron chi connectivity index (χ1n) is 11.8. The minimum Gasteiger partial charge on any atom is -0.392 e. The third kappa shape index (κ3) is 5.46. The van der Waals surface area contributed by atoms with E-state index in [0.29, 0.717) is 44.0 Å². The van der Waals surface area contributed by atoms with E-state index in [1.54, 1.807) is 23.4 Å². The fourth-order valence-corrected chi connectivity index (χ4v) is 4.30. The summed E-state index contributed by atoms with van der Waals surface area (Å²) in [4.78, 5) is 33.2. The number of benzene rings is 1. The zero-order valence-electron chi connectivity index (χ0n) is 20.0. The first kappa shape index (κ1) is 24.3. The fraction of sp³-hybridized carbons (Fsp3) is 0.500. The molecule has 8 heteroatoms. The molecule has 2 saturated heterocycles. The molecule has 182 valence electrons. The molecule has 3 atom stereocenters. The smallest absolute Gasteiger partial charge is 0.247 e. The normalized spacial score (nSPS) is 21.5. The molecule has 0 spiro atoms. The minimum absolute atomic E-state index is 0.0462. The molecule has 2 aliphatic rings. The number of aliphatic hydroxyl groups is 1. The van der Waals surface area contributed by atoms with Gasteiger partial charge in [-0.2, -0.15) is 0 Å². The lowest BCUT2D eigenvalue weighted by Gasteiger charge is -2.34. The van der Waals surface area contributed by atoms with Crippen LogP contribution in [-0.4, -0.2) is 60.4 Å². The van der Waals surface area contributed by atoms with Crippen molar-refractivity contribution in [3.63, 3.8) is 0 Å². The molecule has 2 aliphatic heterocycles. The van der Waals surface area contributed by atoms with Crippen molar-refractivity contribution in [2.75, 3.05) is 31.2 Å². The van der Waals surface area contributed by atoms with Gasteiger partial charge in [0, 0.05) is 42.7 Å².